The minimum atomic E-state index is -0.437. The van der Waals surface area contributed by atoms with Crippen molar-refractivity contribution in [2.45, 2.75) is 13.5 Å². The summed E-state index contributed by atoms with van der Waals surface area (Å²) >= 11 is 1.25. The van der Waals surface area contributed by atoms with Gasteiger partial charge in [0.2, 0.25) is 0 Å². The lowest BCUT2D eigenvalue weighted by Gasteiger charge is -2.01. The van der Waals surface area contributed by atoms with Gasteiger partial charge in [0, 0.05) is 24.2 Å². The Hall–Kier alpha value is -3.00. The summed E-state index contributed by atoms with van der Waals surface area (Å²) in [7, 11) is 1.53. The average molecular weight is 357 g/mol. The lowest BCUT2D eigenvalue weighted by Crippen LogP contribution is -2.15. The maximum Gasteiger partial charge on any atom is 0.279 e. The molecule has 1 amide bonds. The number of amides is 1. The van der Waals surface area contributed by atoms with Crippen LogP contribution in [-0.4, -0.2) is 22.5 Å². The fourth-order valence-electron chi connectivity index (χ4n) is 2.47. The van der Waals surface area contributed by atoms with Crippen molar-refractivity contribution in [3.63, 3.8) is 0 Å². The molecule has 0 aliphatic carbocycles. The van der Waals surface area contributed by atoms with E-state index >= 15 is 0 Å². The number of nitro groups is 1. The molecule has 0 radical (unpaired) electrons. The van der Waals surface area contributed by atoms with Crippen molar-refractivity contribution in [2.24, 2.45) is 4.99 Å². The highest BCUT2D eigenvalue weighted by molar-refractivity contribution is 7.16. The minimum Gasteiger partial charge on any atom is -0.497 e. The van der Waals surface area contributed by atoms with Gasteiger partial charge in [-0.1, -0.05) is 17.4 Å². The molecule has 128 valence electrons. The third-order valence-electron chi connectivity index (χ3n) is 3.71. The van der Waals surface area contributed by atoms with E-state index < -0.39 is 4.92 Å². The van der Waals surface area contributed by atoms with Crippen molar-refractivity contribution in [1.29, 1.82) is 0 Å². The Morgan fingerprint density at radius 3 is 2.80 bits per heavy atom. The van der Waals surface area contributed by atoms with Crippen LogP contribution in [0.3, 0.4) is 0 Å². The van der Waals surface area contributed by atoms with Crippen molar-refractivity contribution in [2.75, 3.05) is 7.11 Å². The molecule has 0 spiro atoms. The van der Waals surface area contributed by atoms with E-state index in [0.717, 1.165) is 5.52 Å². The first-order valence-corrected chi connectivity index (χ1v) is 8.36. The highest BCUT2D eigenvalue weighted by atomic mass is 32.1. The van der Waals surface area contributed by atoms with Crippen molar-refractivity contribution >= 4 is 33.1 Å². The molecule has 0 fully saturated rings. The van der Waals surface area contributed by atoms with Crippen LogP contribution in [0.25, 0.3) is 10.2 Å². The first kappa shape index (κ1) is 16.8. The van der Waals surface area contributed by atoms with Crippen LogP contribution in [0, 0.1) is 10.1 Å². The Morgan fingerprint density at radius 2 is 2.12 bits per heavy atom. The second-order valence-electron chi connectivity index (χ2n) is 5.19. The largest absolute Gasteiger partial charge is 0.497 e. The maximum absolute atomic E-state index is 12.5. The molecule has 7 nitrogen and oxygen atoms in total. The zero-order chi connectivity index (χ0) is 18.0. The van der Waals surface area contributed by atoms with Crippen LogP contribution in [0.1, 0.15) is 17.3 Å². The van der Waals surface area contributed by atoms with E-state index in [2.05, 4.69) is 4.99 Å². The van der Waals surface area contributed by atoms with E-state index in [0.29, 0.717) is 27.4 Å². The number of carbonyl (C=O) groups is 1. The normalized spacial score (nSPS) is 11.7. The number of non-ortho nitro benzene ring substituents is 1. The van der Waals surface area contributed by atoms with Crippen LogP contribution in [0.5, 0.6) is 5.75 Å². The van der Waals surface area contributed by atoms with Crippen LogP contribution in [0.15, 0.2) is 47.5 Å². The number of nitrogens with zero attached hydrogens (tertiary/aromatic N) is 3. The number of ether oxygens (including phenoxy) is 1. The van der Waals surface area contributed by atoms with E-state index in [1.807, 2.05) is 11.5 Å². The Kier molecular flexibility index (Phi) is 4.62. The summed E-state index contributed by atoms with van der Waals surface area (Å²) in [6.07, 6.45) is 0. The zero-order valence-electron chi connectivity index (χ0n) is 13.6. The lowest BCUT2D eigenvalue weighted by atomic mass is 10.2. The summed E-state index contributed by atoms with van der Waals surface area (Å²) in [4.78, 5) is 27.7. The van der Waals surface area contributed by atoms with Gasteiger partial charge in [-0.05, 0) is 31.2 Å². The second kappa shape index (κ2) is 6.86. The molecule has 8 heteroatoms. The van der Waals surface area contributed by atoms with Gasteiger partial charge in [0.15, 0.2) is 4.80 Å². The van der Waals surface area contributed by atoms with Crippen molar-refractivity contribution in [3.05, 3.63) is 62.9 Å². The van der Waals surface area contributed by atoms with Crippen molar-refractivity contribution in [1.82, 2.24) is 4.57 Å². The number of rotatable bonds is 4. The average Bonchev–Trinajstić information content (AvgIpc) is 2.97. The molecule has 0 bridgehead atoms. The van der Waals surface area contributed by atoms with Crippen LogP contribution in [-0.2, 0) is 6.54 Å². The molecule has 2 aromatic carbocycles. The van der Waals surface area contributed by atoms with Crippen LogP contribution < -0.4 is 9.54 Å². The predicted molar refractivity (Wildman–Crippen MR) is 95.0 cm³/mol. The molecule has 0 N–H and O–H groups in total. The third-order valence-corrected chi connectivity index (χ3v) is 4.75. The molecule has 0 aliphatic rings. The standard InChI is InChI=1S/C17H15N3O4S/c1-3-19-14-8-7-12(20(22)23)10-15(14)25-17(19)18-16(21)11-5-4-6-13(9-11)24-2/h4-10H,3H2,1-2H3. The summed E-state index contributed by atoms with van der Waals surface area (Å²) in [6.45, 7) is 2.53. The van der Waals surface area contributed by atoms with Gasteiger partial charge >= 0.3 is 0 Å². The first-order chi connectivity index (χ1) is 12.0. The topological polar surface area (TPSA) is 86.7 Å². The van der Waals surface area contributed by atoms with Gasteiger partial charge in [-0.25, -0.2) is 0 Å². The van der Waals surface area contributed by atoms with E-state index in [-0.39, 0.29) is 11.6 Å². The number of hydrogen-bond donors (Lipinski definition) is 0. The number of hydrogen-bond acceptors (Lipinski definition) is 5. The van der Waals surface area contributed by atoms with Crippen LogP contribution in [0.2, 0.25) is 0 Å². The molecule has 3 rings (SSSR count). The molecule has 3 aromatic rings. The maximum atomic E-state index is 12.5. The van der Waals surface area contributed by atoms with E-state index in [1.165, 1.54) is 30.6 Å². The number of fused-ring (bicyclic) bond motifs is 1. The Morgan fingerprint density at radius 1 is 1.32 bits per heavy atom. The lowest BCUT2D eigenvalue weighted by molar-refractivity contribution is -0.384. The highest BCUT2D eigenvalue weighted by Crippen LogP contribution is 2.23. The first-order valence-electron chi connectivity index (χ1n) is 7.54. The molecule has 25 heavy (non-hydrogen) atoms. The molecular formula is C17H15N3O4S. The molecular weight excluding hydrogens is 342 g/mol. The number of thiazole rings is 1. The van der Waals surface area contributed by atoms with E-state index in [1.54, 1.807) is 30.3 Å². The SMILES string of the molecule is CCn1c(=NC(=O)c2cccc(OC)c2)sc2cc([N+](=O)[O-])ccc21. The van der Waals surface area contributed by atoms with Gasteiger partial charge < -0.3 is 9.30 Å². The Labute approximate surface area is 147 Å². The molecule has 0 saturated heterocycles. The van der Waals surface area contributed by atoms with E-state index in [4.69, 9.17) is 4.74 Å². The summed E-state index contributed by atoms with van der Waals surface area (Å²) in [6, 6.07) is 11.4. The molecule has 0 saturated carbocycles. The van der Waals surface area contributed by atoms with Gasteiger partial charge in [0.1, 0.15) is 5.75 Å². The Balaban J connectivity index is 2.11. The zero-order valence-corrected chi connectivity index (χ0v) is 14.4. The highest BCUT2D eigenvalue weighted by Gasteiger charge is 2.12. The van der Waals surface area contributed by atoms with Crippen LogP contribution >= 0.6 is 11.3 Å². The van der Waals surface area contributed by atoms with Crippen LogP contribution in [0.4, 0.5) is 5.69 Å². The van der Waals surface area contributed by atoms with Gasteiger partial charge in [0.25, 0.3) is 11.6 Å². The quantitative estimate of drug-likeness (QED) is 0.529. The molecule has 0 atom stereocenters. The smallest absolute Gasteiger partial charge is 0.279 e. The van der Waals surface area contributed by atoms with Gasteiger partial charge in [0.05, 0.1) is 22.2 Å². The summed E-state index contributed by atoms with van der Waals surface area (Å²) in [5.74, 6) is 0.193. The second-order valence-corrected chi connectivity index (χ2v) is 6.20. The predicted octanol–water partition coefficient (Wildman–Crippen LogP) is 3.38. The fraction of sp³-hybridized carbons (Fsp3) is 0.176. The molecule has 0 aliphatic heterocycles. The number of nitro benzene ring substituents is 1. The third kappa shape index (κ3) is 3.29. The molecule has 1 aromatic heterocycles. The minimum absolute atomic E-state index is 0.0164. The van der Waals surface area contributed by atoms with Gasteiger partial charge in [-0.3, -0.25) is 14.9 Å². The van der Waals surface area contributed by atoms with E-state index in [9.17, 15) is 14.9 Å². The number of aryl methyl sites for hydroxylation is 1. The van der Waals surface area contributed by atoms with Gasteiger partial charge in [-0.15, -0.1) is 0 Å². The fourth-order valence-corrected chi connectivity index (χ4v) is 3.60. The van der Waals surface area contributed by atoms with Crippen molar-refractivity contribution < 1.29 is 14.5 Å². The number of aromatic nitrogens is 1. The summed E-state index contributed by atoms with van der Waals surface area (Å²) in [5.41, 5.74) is 1.25. The number of carbonyl (C=O) groups excluding carboxylic acids is 1. The monoisotopic (exact) mass is 357 g/mol. The summed E-state index contributed by atoms with van der Waals surface area (Å²) < 4.78 is 7.70. The Bertz CT molecular complexity index is 1040. The summed E-state index contributed by atoms with van der Waals surface area (Å²) in [5, 5.41) is 10.9. The number of benzene rings is 2. The van der Waals surface area contributed by atoms with Crippen molar-refractivity contribution in [3.8, 4) is 5.75 Å². The number of methoxy groups -OCH3 is 1. The molecule has 1 heterocycles. The molecule has 0 unspecified atom stereocenters. The van der Waals surface area contributed by atoms with Gasteiger partial charge in [-0.2, -0.15) is 4.99 Å².